The van der Waals surface area contributed by atoms with Gasteiger partial charge in [0.2, 0.25) is 0 Å². The molecule has 0 bridgehead atoms. The molecule has 0 saturated carbocycles. The lowest BCUT2D eigenvalue weighted by atomic mass is 10.2. The molecular weight excluding hydrogens is 456 g/mol. The zero-order valence-electron chi connectivity index (χ0n) is 17.6. The number of hydrazone groups is 1. The van der Waals surface area contributed by atoms with Crippen LogP contribution in [0, 0.1) is 10.1 Å². The summed E-state index contributed by atoms with van der Waals surface area (Å²) in [6, 6.07) is 22.4. The molecule has 1 aromatic heterocycles. The van der Waals surface area contributed by atoms with Crippen LogP contribution in [0.25, 0.3) is 17.1 Å². The molecule has 4 aromatic rings. The van der Waals surface area contributed by atoms with Gasteiger partial charge in [0.1, 0.15) is 0 Å². The van der Waals surface area contributed by atoms with Crippen LogP contribution in [-0.4, -0.2) is 37.6 Å². The van der Waals surface area contributed by atoms with Gasteiger partial charge in [-0.05, 0) is 17.7 Å². The van der Waals surface area contributed by atoms with E-state index in [1.807, 2.05) is 65.2 Å². The molecule has 0 radical (unpaired) electrons. The molecule has 10 nitrogen and oxygen atoms in total. The molecule has 0 fully saturated rings. The summed E-state index contributed by atoms with van der Waals surface area (Å²) in [6.07, 6.45) is 1.08. The van der Waals surface area contributed by atoms with Crippen molar-refractivity contribution >= 4 is 29.6 Å². The van der Waals surface area contributed by atoms with E-state index >= 15 is 0 Å². The van der Waals surface area contributed by atoms with Gasteiger partial charge >= 0.3 is 0 Å². The Bertz CT molecular complexity index is 1340. The third kappa shape index (κ3) is 5.27. The number of amides is 1. The molecule has 0 atom stereocenters. The van der Waals surface area contributed by atoms with Gasteiger partial charge in [0.15, 0.2) is 11.0 Å². The van der Waals surface area contributed by atoms with E-state index in [0.717, 1.165) is 35.7 Å². The van der Waals surface area contributed by atoms with Gasteiger partial charge in [0.25, 0.3) is 11.6 Å². The molecule has 0 saturated heterocycles. The highest BCUT2D eigenvalue weighted by Gasteiger charge is 2.17. The van der Waals surface area contributed by atoms with E-state index in [0.29, 0.717) is 11.0 Å². The summed E-state index contributed by atoms with van der Waals surface area (Å²) in [6.45, 7) is 0. The number of thioether (sulfide) groups is 1. The minimum Gasteiger partial charge on any atom is -0.872 e. The fraction of sp³-hybridized carbons (Fsp3) is 0.0435. The fourth-order valence-electron chi connectivity index (χ4n) is 3.03. The van der Waals surface area contributed by atoms with Crippen LogP contribution in [0.5, 0.6) is 5.75 Å². The van der Waals surface area contributed by atoms with Gasteiger partial charge < -0.3 is 5.11 Å². The lowest BCUT2D eigenvalue weighted by Gasteiger charge is -2.10. The first-order valence-electron chi connectivity index (χ1n) is 9.99. The normalized spacial score (nSPS) is 10.9. The monoisotopic (exact) mass is 473 g/mol. The van der Waals surface area contributed by atoms with Gasteiger partial charge in [-0.15, -0.1) is 10.2 Å². The Hall–Kier alpha value is -4.51. The van der Waals surface area contributed by atoms with Crippen LogP contribution in [-0.2, 0) is 4.79 Å². The summed E-state index contributed by atoms with van der Waals surface area (Å²) in [5, 5.41) is 35.5. The van der Waals surface area contributed by atoms with Crippen molar-refractivity contribution in [3.05, 3.63) is 94.5 Å². The Morgan fingerprint density at radius 1 is 1.06 bits per heavy atom. The lowest BCUT2D eigenvalue weighted by Crippen LogP contribution is -2.20. The fourth-order valence-corrected chi connectivity index (χ4v) is 3.78. The minimum atomic E-state index is -0.613. The summed E-state index contributed by atoms with van der Waals surface area (Å²) in [7, 11) is 0. The number of nitro groups is 1. The van der Waals surface area contributed by atoms with Gasteiger partial charge in [0.05, 0.1) is 16.9 Å². The smallest absolute Gasteiger partial charge is 0.270 e. The largest absolute Gasteiger partial charge is 0.872 e. The molecule has 0 spiro atoms. The minimum absolute atomic E-state index is 0.00141. The summed E-state index contributed by atoms with van der Waals surface area (Å²) < 4.78 is 1.86. The van der Waals surface area contributed by atoms with Crippen molar-refractivity contribution in [1.82, 2.24) is 20.2 Å². The number of nitro benzene ring substituents is 1. The van der Waals surface area contributed by atoms with Crippen LogP contribution in [0.15, 0.2) is 89.1 Å². The number of carbonyl (C=O) groups is 1. The molecule has 1 amide bonds. The average Bonchev–Trinajstić information content (AvgIpc) is 3.29. The van der Waals surface area contributed by atoms with E-state index in [9.17, 15) is 20.0 Å². The second kappa shape index (κ2) is 10.4. The topological polar surface area (TPSA) is 138 Å². The Kier molecular flexibility index (Phi) is 6.94. The van der Waals surface area contributed by atoms with Crippen molar-refractivity contribution in [3.63, 3.8) is 0 Å². The molecule has 0 unspecified atom stereocenters. The molecule has 3 aromatic carbocycles. The third-order valence-electron chi connectivity index (χ3n) is 4.61. The van der Waals surface area contributed by atoms with Crippen molar-refractivity contribution in [2.75, 3.05) is 5.75 Å². The average molecular weight is 473 g/mol. The molecule has 170 valence electrons. The molecule has 1 heterocycles. The summed E-state index contributed by atoms with van der Waals surface area (Å²) in [5.41, 5.74) is 3.81. The van der Waals surface area contributed by atoms with Gasteiger partial charge in [-0.2, -0.15) is 5.10 Å². The van der Waals surface area contributed by atoms with E-state index < -0.39 is 16.6 Å². The Morgan fingerprint density at radius 3 is 2.47 bits per heavy atom. The maximum absolute atomic E-state index is 12.3. The van der Waals surface area contributed by atoms with E-state index in [-0.39, 0.29) is 17.0 Å². The molecular formula is C23H17N6O4S-. The molecule has 0 aliphatic carbocycles. The predicted molar refractivity (Wildman–Crippen MR) is 126 cm³/mol. The summed E-state index contributed by atoms with van der Waals surface area (Å²) >= 11 is 1.17. The van der Waals surface area contributed by atoms with Crippen molar-refractivity contribution < 1.29 is 14.8 Å². The van der Waals surface area contributed by atoms with Crippen LogP contribution in [0.1, 0.15) is 5.56 Å². The number of benzene rings is 3. The first kappa shape index (κ1) is 22.7. The lowest BCUT2D eigenvalue weighted by molar-refractivity contribution is -0.385. The number of carbonyl (C=O) groups excluding carboxylic acids is 1. The van der Waals surface area contributed by atoms with Crippen molar-refractivity contribution in [2.24, 2.45) is 5.10 Å². The van der Waals surface area contributed by atoms with E-state index in [1.165, 1.54) is 11.8 Å². The maximum atomic E-state index is 12.3. The third-order valence-corrected chi connectivity index (χ3v) is 5.54. The molecule has 4 rings (SSSR count). The van der Waals surface area contributed by atoms with E-state index in [2.05, 4.69) is 20.7 Å². The number of nitrogens with zero attached hydrogens (tertiary/aromatic N) is 5. The van der Waals surface area contributed by atoms with Crippen molar-refractivity contribution in [3.8, 4) is 22.8 Å². The van der Waals surface area contributed by atoms with Crippen molar-refractivity contribution in [2.45, 2.75) is 5.16 Å². The number of aromatic nitrogens is 3. The number of hydrogen-bond donors (Lipinski definition) is 1. The Labute approximate surface area is 198 Å². The van der Waals surface area contributed by atoms with Crippen LogP contribution in [0.4, 0.5) is 5.69 Å². The first-order chi connectivity index (χ1) is 16.5. The Balaban J connectivity index is 1.47. The highest BCUT2D eigenvalue weighted by atomic mass is 32.2. The number of non-ortho nitro benzene ring substituents is 1. The number of nitrogens with one attached hydrogen (secondary N) is 1. The SMILES string of the molecule is O=C(CSc1nnc(-c2ccccc2)n1-c1ccccc1)NN=Cc1cc([N+](=O)[O-])ccc1[O-]. The molecule has 0 aliphatic rings. The standard InChI is InChI=1S/C23H18N6O4S/c30-20-12-11-19(29(32)33)13-17(20)14-24-25-21(31)15-34-23-27-26-22(16-7-3-1-4-8-16)28(23)18-9-5-2-6-10-18/h1-14,30H,15H2,(H,25,31)/p-1. The van der Waals surface area contributed by atoms with Gasteiger partial charge in [0, 0.05) is 23.4 Å². The highest BCUT2D eigenvalue weighted by Crippen LogP contribution is 2.27. The Morgan fingerprint density at radius 2 is 1.76 bits per heavy atom. The number of rotatable bonds is 8. The van der Waals surface area contributed by atoms with E-state index in [4.69, 9.17) is 0 Å². The number of para-hydroxylation sites is 1. The highest BCUT2D eigenvalue weighted by molar-refractivity contribution is 7.99. The molecule has 34 heavy (non-hydrogen) atoms. The van der Waals surface area contributed by atoms with Crippen LogP contribution in [0.2, 0.25) is 0 Å². The summed E-state index contributed by atoms with van der Waals surface area (Å²) in [5.74, 6) is -0.261. The van der Waals surface area contributed by atoms with Gasteiger partial charge in [-0.25, -0.2) is 5.43 Å². The first-order valence-corrected chi connectivity index (χ1v) is 11.0. The van der Waals surface area contributed by atoms with Crippen LogP contribution in [0.3, 0.4) is 0 Å². The van der Waals surface area contributed by atoms with E-state index in [1.54, 1.807) is 0 Å². The quantitative estimate of drug-likeness (QED) is 0.179. The predicted octanol–water partition coefficient (Wildman–Crippen LogP) is 3.16. The molecule has 1 N–H and O–H groups in total. The van der Waals surface area contributed by atoms with Crippen molar-refractivity contribution in [1.29, 1.82) is 0 Å². The van der Waals surface area contributed by atoms with Gasteiger partial charge in [-0.3, -0.25) is 19.5 Å². The zero-order valence-corrected chi connectivity index (χ0v) is 18.4. The second-order valence-electron chi connectivity index (χ2n) is 6.90. The summed E-state index contributed by atoms with van der Waals surface area (Å²) in [4.78, 5) is 22.6. The maximum Gasteiger partial charge on any atom is 0.270 e. The van der Waals surface area contributed by atoms with Crippen LogP contribution >= 0.6 is 11.8 Å². The zero-order chi connectivity index (χ0) is 23.9. The van der Waals surface area contributed by atoms with Crippen LogP contribution < -0.4 is 10.5 Å². The molecule has 11 heteroatoms. The number of hydrogen-bond acceptors (Lipinski definition) is 8. The van der Waals surface area contributed by atoms with Gasteiger partial charge in [-0.1, -0.05) is 72.1 Å². The molecule has 0 aliphatic heterocycles. The second-order valence-corrected chi connectivity index (χ2v) is 7.85.